The Balaban J connectivity index is 1.17. The summed E-state index contributed by atoms with van der Waals surface area (Å²) in [7, 11) is -3.54. The zero-order chi connectivity index (χ0) is 22.1. The molecule has 4 heterocycles. The smallest absolute Gasteiger partial charge is 0.244 e. The Bertz CT molecular complexity index is 1190. The molecule has 2 aromatic heterocycles. The van der Waals surface area contributed by atoms with Gasteiger partial charge in [-0.1, -0.05) is 18.2 Å². The van der Waals surface area contributed by atoms with Crippen molar-refractivity contribution in [1.82, 2.24) is 19.2 Å². The number of fused-ring (bicyclic) bond motifs is 1. The Hall–Kier alpha value is -2.71. The molecule has 2 saturated heterocycles. The van der Waals surface area contributed by atoms with Gasteiger partial charge in [0, 0.05) is 61.6 Å². The van der Waals surface area contributed by atoms with Gasteiger partial charge in [0.25, 0.3) is 0 Å². The molecule has 2 aliphatic heterocycles. The Morgan fingerprint density at radius 3 is 2.44 bits per heavy atom. The van der Waals surface area contributed by atoms with Crippen LogP contribution in [0.15, 0.2) is 59.9 Å². The van der Waals surface area contributed by atoms with Gasteiger partial charge in [-0.2, -0.15) is 4.31 Å². The highest BCUT2D eigenvalue weighted by atomic mass is 32.2. The largest absolute Gasteiger partial charge is 0.361 e. The van der Waals surface area contributed by atoms with Crippen molar-refractivity contribution in [2.75, 3.05) is 26.2 Å². The van der Waals surface area contributed by atoms with E-state index in [1.807, 2.05) is 11.0 Å². The number of likely N-dealkylation sites (tertiary alicyclic amines) is 1. The number of H-pyrrole nitrogens is 1. The second kappa shape index (κ2) is 8.67. The van der Waals surface area contributed by atoms with Gasteiger partial charge in [-0.3, -0.25) is 9.78 Å². The number of hydrogen-bond donors (Lipinski definition) is 1. The fourth-order valence-electron chi connectivity index (χ4n) is 5.09. The van der Waals surface area contributed by atoms with Crippen molar-refractivity contribution >= 4 is 26.8 Å². The number of carbonyl (C=O) groups excluding carboxylic acids is 1. The van der Waals surface area contributed by atoms with Crippen LogP contribution >= 0.6 is 0 Å². The van der Waals surface area contributed by atoms with Crippen LogP contribution < -0.4 is 0 Å². The molecule has 5 rings (SSSR count). The molecule has 0 saturated carbocycles. The van der Waals surface area contributed by atoms with Crippen LogP contribution in [0.25, 0.3) is 10.9 Å². The molecule has 0 unspecified atom stereocenters. The SMILES string of the molecule is O=C(C1CCN(S(=O)(=O)c2cccnc2)CC1)N1CCC(c2c[nH]c3ccccc23)CC1. The van der Waals surface area contributed by atoms with E-state index < -0.39 is 10.0 Å². The lowest BCUT2D eigenvalue weighted by molar-refractivity contribution is -0.137. The highest BCUT2D eigenvalue weighted by Gasteiger charge is 2.35. The van der Waals surface area contributed by atoms with Gasteiger partial charge in [0.05, 0.1) is 0 Å². The second-order valence-electron chi connectivity index (χ2n) is 8.76. The van der Waals surface area contributed by atoms with Gasteiger partial charge in [-0.05, 0) is 55.4 Å². The topological polar surface area (TPSA) is 86.4 Å². The summed E-state index contributed by atoms with van der Waals surface area (Å²) >= 11 is 0. The van der Waals surface area contributed by atoms with E-state index in [4.69, 9.17) is 0 Å². The van der Waals surface area contributed by atoms with Gasteiger partial charge in [0.15, 0.2) is 0 Å². The number of carbonyl (C=O) groups is 1. The summed E-state index contributed by atoms with van der Waals surface area (Å²) < 4.78 is 27.1. The molecule has 168 valence electrons. The van der Waals surface area contributed by atoms with Crippen molar-refractivity contribution in [1.29, 1.82) is 0 Å². The van der Waals surface area contributed by atoms with Crippen molar-refractivity contribution < 1.29 is 13.2 Å². The van der Waals surface area contributed by atoms with E-state index in [0.717, 1.165) is 31.4 Å². The zero-order valence-corrected chi connectivity index (χ0v) is 18.8. The van der Waals surface area contributed by atoms with Crippen LogP contribution in [0.5, 0.6) is 0 Å². The molecule has 32 heavy (non-hydrogen) atoms. The summed E-state index contributed by atoms with van der Waals surface area (Å²) in [6, 6.07) is 11.6. The van der Waals surface area contributed by atoms with Gasteiger partial charge in [0.1, 0.15) is 4.90 Å². The van der Waals surface area contributed by atoms with Crippen LogP contribution in [0.2, 0.25) is 0 Å². The number of benzene rings is 1. The van der Waals surface area contributed by atoms with Crippen molar-refractivity contribution in [3.05, 3.63) is 60.6 Å². The summed E-state index contributed by atoms with van der Waals surface area (Å²) in [5.74, 6) is 0.544. The number of hydrogen-bond acceptors (Lipinski definition) is 4. The molecule has 2 aliphatic rings. The minimum Gasteiger partial charge on any atom is -0.361 e. The Morgan fingerprint density at radius 2 is 1.72 bits per heavy atom. The Morgan fingerprint density at radius 1 is 0.969 bits per heavy atom. The first-order valence-electron chi connectivity index (χ1n) is 11.3. The average Bonchev–Trinajstić information content (AvgIpc) is 3.28. The van der Waals surface area contributed by atoms with Crippen LogP contribution in [-0.4, -0.2) is 59.7 Å². The number of sulfonamides is 1. The third kappa shape index (κ3) is 3.93. The van der Waals surface area contributed by atoms with Gasteiger partial charge < -0.3 is 9.88 Å². The lowest BCUT2D eigenvalue weighted by Crippen LogP contribution is -2.46. The summed E-state index contributed by atoms with van der Waals surface area (Å²) in [6.45, 7) is 2.27. The third-order valence-electron chi connectivity index (χ3n) is 6.94. The first-order chi connectivity index (χ1) is 15.5. The number of aromatic amines is 1. The first kappa shape index (κ1) is 21.2. The molecule has 0 atom stereocenters. The molecule has 8 heteroatoms. The van der Waals surface area contributed by atoms with Crippen LogP contribution in [0.3, 0.4) is 0 Å². The van der Waals surface area contributed by atoms with Gasteiger partial charge >= 0.3 is 0 Å². The maximum Gasteiger partial charge on any atom is 0.244 e. The van der Waals surface area contributed by atoms with E-state index in [-0.39, 0.29) is 16.7 Å². The normalized spacial score (nSPS) is 19.4. The number of amides is 1. The summed E-state index contributed by atoms with van der Waals surface area (Å²) in [6.07, 6.45) is 8.12. The number of pyridine rings is 1. The highest BCUT2D eigenvalue weighted by molar-refractivity contribution is 7.89. The van der Waals surface area contributed by atoms with Crippen molar-refractivity contribution in [3.8, 4) is 0 Å². The van der Waals surface area contributed by atoms with E-state index in [1.165, 1.54) is 21.5 Å². The van der Waals surface area contributed by atoms with E-state index in [2.05, 4.69) is 34.4 Å². The first-order valence-corrected chi connectivity index (χ1v) is 12.7. The molecule has 1 N–H and O–H groups in total. The van der Waals surface area contributed by atoms with E-state index in [1.54, 1.807) is 18.3 Å². The zero-order valence-electron chi connectivity index (χ0n) is 18.0. The maximum absolute atomic E-state index is 13.1. The molecule has 3 aromatic rings. The van der Waals surface area contributed by atoms with Crippen LogP contribution in [0, 0.1) is 5.92 Å². The van der Waals surface area contributed by atoms with Crippen LogP contribution in [-0.2, 0) is 14.8 Å². The van der Waals surface area contributed by atoms with Crippen LogP contribution in [0.1, 0.15) is 37.2 Å². The molecule has 0 aliphatic carbocycles. The number of nitrogens with one attached hydrogen (secondary N) is 1. The molecule has 7 nitrogen and oxygen atoms in total. The summed E-state index contributed by atoms with van der Waals surface area (Å²) in [4.78, 5) is 22.6. The predicted octanol–water partition coefficient (Wildman–Crippen LogP) is 3.37. The highest BCUT2D eigenvalue weighted by Crippen LogP contribution is 2.34. The van der Waals surface area contributed by atoms with E-state index >= 15 is 0 Å². The third-order valence-corrected chi connectivity index (χ3v) is 8.83. The molecular weight excluding hydrogens is 424 g/mol. The number of nitrogens with zero attached hydrogens (tertiary/aromatic N) is 3. The number of para-hydroxylation sites is 1. The second-order valence-corrected chi connectivity index (χ2v) is 10.7. The van der Waals surface area contributed by atoms with Gasteiger partial charge in [-0.25, -0.2) is 8.42 Å². The van der Waals surface area contributed by atoms with E-state index in [9.17, 15) is 13.2 Å². The Labute approximate surface area is 188 Å². The summed E-state index contributed by atoms with van der Waals surface area (Å²) in [5, 5.41) is 1.28. The lowest BCUT2D eigenvalue weighted by atomic mass is 9.88. The van der Waals surface area contributed by atoms with Crippen molar-refractivity contribution in [2.24, 2.45) is 5.92 Å². The van der Waals surface area contributed by atoms with Gasteiger partial charge in [-0.15, -0.1) is 0 Å². The molecule has 0 radical (unpaired) electrons. The minimum atomic E-state index is -3.54. The average molecular weight is 453 g/mol. The van der Waals surface area contributed by atoms with Crippen LogP contribution in [0.4, 0.5) is 0 Å². The number of piperidine rings is 2. The molecule has 0 spiro atoms. The fourth-order valence-corrected chi connectivity index (χ4v) is 6.53. The quantitative estimate of drug-likeness (QED) is 0.658. The molecule has 0 bridgehead atoms. The lowest BCUT2D eigenvalue weighted by Gasteiger charge is -2.37. The van der Waals surface area contributed by atoms with E-state index in [0.29, 0.717) is 31.8 Å². The molecule has 2 fully saturated rings. The monoisotopic (exact) mass is 452 g/mol. The molecule has 1 amide bonds. The molecular formula is C24H28N4O3S. The maximum atomic E-state index is 13.1. The minimum absolute atomic E-state index is 0.0972. The standard InChI is InChI=1S/C24H28N4O3S/c29-24(19-9-14-28(15-10-19)32(30,31)20-4-3-11-25-16-20)27-12-7-18(8-13-27)22-17-26-23-6-2-1-5-21(22)23/h1-6,11,16-19,26H,7-10,12-15H2. The Kier molecular flexibility index (Phi) is 5.73. The van der Waals surface area contributed by atoms with Crippen molar-refractivity contribution in [2.45, 2.75) is 36.5 Å². The van der Waals surface area contributed by atoms with Crippen molar-refractivity contribution in [3.63, 3.8) is 0 Å². The number of aromatic nitrogens is 2. The summed E-state index contributed by atoms with van der Waals surface area (Å²) in [5.41, 5.74) is 2.51. The fraction of sp³-hybridized carbons (Fsp3) is 0.417. The predicted molar refractivity (Wildman–Crippen MR) is 123 cm³/mol. The van der Waals surface area contributed by atoms with Gasteiger partial charge in [0.2, 0.25) is 15.9 Å². The molecule has 1 aromatic carbocycles. The number of rotatable bonds is 4.